The summed E-state index contributed by atoms with van der Waals surface area (Å²) < 4.78 is 0. The molecule has 0 radical (unpaired) electrons. The molecule has 0 fully saturated rings. The van der Waals surface area contributed by atoms with Crippen LogP contribution in [0.4, 0.5) is 0 Å². The quantitative estimate of drug-likeness (QED) is 0.198. The van der Waals surface area contributed by atoms with Crippen LogP contribution < -0.4 is 0 Å². The van der Waals surface area contributed by atoms with E-state index in [0.29, 0.717) is 28.8 Å². The highest BCUT2D eigenvalue weighted by molar-refractivity contribution is 7.20. The maximum atomic E-state index is 13.4. The van der Waals surface area contributed by atoms with Gasteiger partial charge in [-0.05, 0) is 31.4 Å². The second-order valence-electron chi connectivity index (χ2n) is 8.60. The van der Waals surface area contributed by atoms with Gasteiger partial charge in [0.25, 0.3) is 11.8 Å². The molecule has 0 unspecified atom stereocenters. The van der Waals surface area contributed by atoms with Crippen LogP contribution in [-0.4, -0.2) is 34.8 Å². The predicted octanol–water partition coefficient (Wildman–Crippen LogP) is 6.66. The van der Waals surface area contributed by atoms with Crippen LogP contribution in [0.5, 0.6) is 0 Å². The van der Waals surface area contributed by atoms with E-state index >= 15 is 0 Å². The van der Waals surface area contributed by atoms with E-state index < -0.39 is 0 Å². The van der Waals surface area contributed by atoms with Crippen LogP contribution in [0, 0.1) is 0 Å². The lowest BCUT2D eigenvalue weighted by atomic mass is 10.0. The summed E-state index contributed by atoms with van der Waals surface area (Å²) in [6.45, 7) is 5.55. The van der Waals surface area contributed by atoms with Crippen LogP contribution in [-0.2, 0) is 0 Å². The molecule has 5 nitrogen and oxygen atoms in total. The Morgan fingerprint density at radius 3 is 1.53 bits per heavy atom. The summed E-state index contributed by atoms with van der Waals surface area (Å²) in [5, 5.41) is 0. The fourth-order valence-electron chi connectivity index (χ4n) is 4.22. The van der Waals surface area contributed by atoms with Crippen LogP contribution in [0.3, 0.4) is 0 Å². The lowest BCUT2D eigenvalue weighted by Crippen LogP contribution is -2.31. The van der Waals surface area contributed by atoms with Crippen LogP contribution in [0.1, 0.15) is 87.9 Å². The van der Waals surface area contributed by atoms with Crippen LogP contribution in [0.25, 0.3) is 20.9 Å². The maximum absolute atomic E-state index is 13.4. The van der Waals surface area contributed by atoms with Crippen LogP contribution >= 0.6 is 11.3 Å². The molecule has 3 aromatic rings. The Labute approximate surface area is 203 Å². The third-order valence-corrected chi connectivity index (χ3v) is 7.46. The Bertz CT molecular complexity index is 1180. The molecule has 174 valence electrons. The number of Topliss-reactive ketones (excluding diaryl/α,β-unsaturated/α-hetero) is 2. The molecule has 34 heavy (non-hydrogen) atoms. The normalized spacial score (nSPS) is 12.9. The molecular weight excluding hydrogens is 446 g/mol. The first-order valence-electron chi connectivity index (χ1n) is 11.6. The molecule has 1 aliphatic heterocycles. The van der Waals surface area contributed by atoms with Crippen molar-refractivity contribution in [2.75, 3.05) is 6.54 Å². The highest BCUT2D eigenvalue weighted by atomic mass is 32.1. The zero-order valence-electron chi connectivity index (χ0n) is 19.6. The largest absolute Gasteiger partial charge is 0.295 e. The van der Waals surface area contributed by atoms with Gasteiger partial charge in [0.05, 0.1) is 11.1 Å². The van der Waals surface area contributed by atoms with Gasteiger partial charge in [0.15, 0.2) is 11.6 Å². The minimum Gasteiger partial charge on any atom is -0.295 e. The summed E-state index contributed by atoms with van der Waals surface area (Å²) in [4.78, 5) is 53.1. The number of fused-ring (bicyclic) bond motifs is 1. The predicted molar refractivity (Wildman–Crippen MR) is 135 cm³/mol. The second kappa shape index (κ2) is 9.85. The van der Waals surface area contributed by atoms with Gasteiger partial charge in [0.1, 0.15) is 0 Å². The third-order valence-electron chi connectivity index (χ3n) is 6.17. The summed E-state index contributed by atoms with van der Waals surface area (Å²) in [6, 6.07) is 14.3. The monoisotopic (exact) mass is 473 g/mol. The van der Waals surface area contributed by atoms with E-state index in [1.54, 1.807) is 24.3 Å². The number of amides is 2. The first-order chi connectivity index (χ1) is 16.3. The molecule has 0 bridgehead atoms. The van der Waals surface area contributed by atoms with Crippen LogP contribution in [0.15, 0.2) is 48.5 Å². The van der Waals surface area contributed by atoms with Crippen molar-refractivity contribution in [2.45, 2.75) is 46.5 Å². The zero-order valence-corrected chi connectivity index (χ0v) is 20.5. The number of imide groups is 1. The van der Waals surface area contributed by atoms with Crippen molar-refractivity contribution < 1.29 is 19.2 Å². The van der Waals surface area contributed by atoms with Crippen molar-refractivity contribution in [3.63, 3.8) is 0 Å². The minimum absolute atomic E-state index is 0.0290. The van der Waals surface area contributed by atoms with E-state index in [4.69, 9.17) is 0 Å². The molecule has 0 atom stereocenters. The standard InChI is InChI=1S/C28H27NO4S/c1-4-5-6-7-16-29-27(32)23-24(28(29)33)26(22-14-10-20(11-15-22)18(3)31)34-25(23)21-12-8-19(9-13-21)17(2)30/h8-15H,4-7,16H2,1-3H3. The Hall–Kier alpha value is -3.38. The number of hydrogen-bond donors (Lipinski definition) is 0. The molecule has 6 heteroatoms. The lowest BCUT2D eigenvalue weighted by Gasteiger charge is -2.15. The van der Waals surface area contributed by atoms with Gasteiger partial charge >= 0.3 is 0 Å². The Kier molecular flexibility index (Phi) is 6.89. The number of ketones is 2. The molecule has 0 aliphatic carbocycles. The summed E-state index contributed by atoms with van der Waals surface area (Å²) in [5.41, 5.74) is 3.66. The Morgan fingerprint density at radius 2 is 1.15 bits per heavy atom. The van der Waals surface area contributed by atoms with E-state index in [2.05, 4.69) is 6.92 Å². The molecule has 2 amide bonds. The van der Waals surface area contributed by atoms with E-state index in [0.717, 1.165) is 46.6 Å². The first kappa shape index (κ1) is 23.8. The van der Waals surface area contributed by atoms with Gasteiger partial charge < -0.3 is 0 Å². The SMILES string of the molecule is CCCCCCN1C(=O)c2c(-c3ccc(C(C)=O)cc3)sc(-c3ccc(C(C)=O)cc3)c2C1=O. The summed E-state index contributed by atoms with van der Waals surface area (Å²) in [5.74, 6) is -0.576. The molecule has 0 saturated heterocycles. The number of benzene rings is 2. The third kappa shape index (κ3) is 4.38. The van der Waals surface area contributed by atoms with E-state index in [1.165, 1.54) is 30.1 Å². The van der Waals surface area contributed by atoms with Gasteiger partial charge in [-0.3, -0.25) is 24.1 Å². The fourth-order valence-corrected chi connectivity index (χ4v) is 5.52. The smallest absolute Gasteiger partial charge is 0.263 e. The molecule has 2 aromatic carbocycles. The molecule has 0 spiro atoms. The van der Waals surface area contributed by atoms with Crippen molar-refractivity contribution >= 4 is 34.7 Å². The van der Waals surface area contributed by atoms with E-state index in [-0.39, 0.29) is 23.4 Å². The molecular formula is C28H27NO4S. The number of unbranched alkanes of at least 4 members (excludes halogenated alkanes) is 3. The van der Waals surface area contributed by atoms with Gasteiger partial charge in [-0.1, -0.05) is 74.7 Å². The molecule has 0 saturated carbocycles. The number of hydrogen-bond acceptors (Lipinski definition) is 5. The molecule has 1 aromatic heterocycles. The maximum Gasteiger partial charge on any atom is 0.263 e. The summed E-state index contributed by atoms with van der Waals surface area (Å²) >= 11 is 1.40. The van der Waals surface area contributed by atoms with Crippen molar-refractivity contribution in [1.29, 1.82) is 0 Å². The van der Waals surface area contributed by atoms with Crippen molar-refractivity contribution in [2.24, 2.45) is 0 Å². The molecule has 4 rings (SSSR count). The van der Waals surface area contributed by atoms with Gasteiger partial charge in [0, 0.05) is 27.4 Å². The first-order valence-corrected chi connectivity index (χ1v) is 12.4. The molecule has 0 N–H and O–H groups in total. The number of thiophene rings is 1. The van der Waals surface area contributed by atoms with Gasteiger partial charge in [-0.2, -0.15) is 0 Å². The minimum atomic E-state index is -0.259. The summed E-state index contributed by atoms with van der Waals surface area (Å²) in [6.07, 6.45) is 3.90. The highest BCUT2D eigenvalue weighted by Crippen LogP contribution is 2.46. The fraction of sp³-hybridized carbons (Fsp3) is 0.286. The Balaban J connectivity index is 1.80. The van der Waals surface area contributed by atoms with Crippen molar-refractivity contribution in [3.05, 3.63) is 70.8 Å². The average molecular weight is 474 g/mol. The highest BCUT2D eigenvalue weighted by Gasteiger charge is 2.41. The molecule has 2 heterocycles. The van der Waals surface area contributed by atoms with Gasteiger partial charge in [0.2, 0.25) is 0 Å². The van der Waals surface area contributed by atoms with Gasteiger partial charge in [-0.15, -0.1) is 11.3 Å². The Morgan fingerprint density at radius 1 is 0.706 bits per heavy atom. The number of rotatable bonds is 9. The van der Waals surface area contributed by atoms with E-state index in [9.17, 15) is 19.2 Å². The summed E-state index contributed by atoms with van der Waals surface area (Å²) in [7, 11) is 0. The zero-order chi connectivity index (χ0) is 24.4. The molecule has 1 aliphatic rings. The van der Waals surface area contributed by atoms with E-state index in [1.807, 2.05) is 24.3 Å². The van der Waals surface area contributed by atoms with Crippen molar-refractivity contribution in [1.82, 2.24) is 4.90 Å². The lowest BCUT2D eigenvalue weighted by molar-refractivity contribution is 0.0651. The topological polar surface area (TPSA) is 71.5 Å². The van der Waals surface area contributed by atoms with Gasteiger partial charge in [-0.25, -0.2) is 0 Å². The average Bonchev–Trinajstić information content (AvgIpc) is 3.34. The number of nitrogens with zero attached hydrogens (tertiary/aromatic N) is 1. The van der Waals surface area contributed by atoms with Crippen LogP contribution in [0.2, 0.25) is 0 Å². The number of carbonyl (C=O) groups is 4. The number of carbonyl (C=O) groups excluding carboxylic acids is 4. The second-order valence-corrected chi connectivity index (χ2v) is 9.62. The van der Waals surface area contributed by atoms with Crippen molar-refractivity contribution in [3.8, 4) is 20.9 Å².